The minimum atomic E-state index is -0.897. The van der Waals surface area contributed by atoms with Gasteiger partial charge < -0.3 is 31.6 Å². The van der Waals surface area contributed by atoms with Gasteiger partial charge in [-0.1, -0.05) is 26.8 Å². The molecule has 0 spiro atoms. The van der Waals surface area contributed by atoms with Crippen LogP contribution in [-0.4, -0.2) is 52.0 Å². The largest absolute Gasteiger partial charge is 0.441 e. The number of anilines is 3. The summed E-state index contributed by atoms with van der Waals surface area (Å²) in [5.74, 6) is -0.460. The van der Waals surface area contributed by atoms with Crippen LogP contribution in [0.3, 0.4) is 0 Å². The zero-order valence-corrected chi connectivity index (χ0v) is 19.9. The zero-order valence-electron chi connectivity index (χ0n) is 19.1. The number of benzene rings is 1. The minimum absolute atomic E-state index is 0.0951. The van der Waals surface area contributed by atoms with Crippen molar-refractivity contribution >= 4 is 50.9 Å². The lowest BCUT2D eigenvalue weighted by Crippen LogP contribution is -2.55. The van der Waals surface area contributed by atoms with Crippen LogP contribution in [0.4, 0.5) is 22.2 Å². The van der Waals surface area contributed by atoms with Crippen molar-refractivity contribution in [3.8, 4) is 0 Å². The number of hydrogen-bond donors (Lipinski definition) is 4. The van der Waals surface area contributed by atoms with Crippen LogP contribution in [0, 0.1) is 5.41 Å². The molecular formula is C22H27N7O4S. The fourth-order valence-corrected chi connectivity index (χ4v) is 4.82. The number of aromatic nitrogens is 3. The summed E-state index contributed by atoms with van der Waals surface area (Å²) in [5, 5.41) is 17.3. The highest BCUT2D eigenvalue weighted by Gasteiger charge is 2.43. The van der Waals surface area contributed by atoms with E-state index in [0.717, 1.165) is 15.8 Å². The molecule has 1 aliphatic heterocycles. The van der Waals surface area contributed by atoms with Crippen molar-refractivity contribution in [3.63, 3.8) is 0 Å². The van der Waals surface area contributed by atoms with Crippen molar-refractivity contribution in [2.24, 2.45) is 16.9 Å². The fraction of sp³-hybridized carbons (Fsp3) is 0.409. The average Bonchev–Trinajstić information content (AvgIpc) is 3.24. The number of nitrogens with zero attached hydrogens (tertiary/aromatic N) is 3. The normalized spacial score (nSPS) is 20.6. The Bertz CT molecular complexity index is 1210. The molecule has 180 valence electrons. The summed E-state index contributed by atoms with van der Waals surface area (Å²) < 4.78 is 12.4. The second-order valence-electron chi connectivity index (χ2n) is 9.06. The van der Waals surface area contributed by atoms with Crippen molar-refractivity contribution in [1.82, 2.24) is 15.2 Å². The summed E-state index contributed by atoms with van der Waals surface area (Å²) in [4.78, 5) is 28.1. The molecule has 0 bridgehead atoms. The molecule has 0 aliphatic carbocycles. The predicted octanol–water partition coefficient (Wildman–Crippen LogP) is 3.01. The minimum Gasteiger partial charge on any atom is -0.441 e. The lowest BCUT2D eigenvalue weighted by atomic mass is 9.81. The SMILES string of the molecule is CC(C)(C)C1OCC[C@@H](Nc2nnc(C(N)=O)c(Nc3cccc4sccc34)n2)[C@H]1OC(N)=O. The number of ether oxygens (including phenoxy) is 2. The third-order valence-corrected chi connectivity index (χ3v) is 6.39. The molecule has 2 amide bonds. The molecule has 12 heteroatoms. The van der Waals surface area contributed by atoms with Gasteiger partial charge in [-0.2, -0.15) is 4.98 Å². The van der Waals surface area contributed by atoms with Gasteiger partial charge in [-0.25, -0.2) is 4.79 Å². The van der Waals surface area contributed by atoms with Crippen molar-refractivity contribution in [2.75, 3.05) is 17.2 Å². The van der Waals surface area contributed by atoms with Crippen LogP contribution in [0.25, 0.3) is 10.1 Å². The van der Waals surface area contributed by atoms with E-state index in [1.807, 2.05) is 50.4 Å². The standard InChI is InChI=1S/C22H27N7O4S/c1-22(2,3)17-16(33-20(24)31)13(7-9-32-17)26-21-27-19(15(18(23)30)28-29-21)25-12-5-4-6-14-11(12)8-10-34-14/h4-6,8,10,13,16-17H,7,9H2,1-3H3,(H2,23,30)(H2,24,31)(H2,25,26,27,29)/t13-,16-,17?/m1/s1. The number of carbonyl (C=O) groups excluding carboxylic acids is 2. The second kappa shape index (κ2) is 9.39. The van der Waals surface area contributed by atoms with Gasteiger partial charge in [0.1, 0.15) is 6.10 Å². The van der Waals surface area contributed by atoms with Gasteiger partial charge in [-0.3, -0.25) is 4.79 Å². The van der Waals surface area contributed by atoms with Crippen molar-refractivity contribution in [2.45, 2.75) is 45.4 Å². The maximum absolute atomic E-state index is 12.0. The van der Waals surface area contributed by atoms with Gasteiger partial charge in [-0.05, 0) is 35.4 Å². The van der Waals surface area contributed by atoms with Crippen LogP contribution in [-0.2, 0) is 9.47 Å². The van der Waals surface area contributed by atoms with Crippen LogP contribution >= 0.6 is 11.3 Å². The smallest absolute Gasteiger partial charge is 0.404 e. The Morgan fingerprint density at radius 3 is 2.71 bits per heavy atom. The summed E-state index contributed by atoms with van der Waals surface area (Å²) in [6.45, 7) is 6.41. The number of nitrogens with two attached hydrogens (primary N) is 2. The van der Waals surface area contributed by atoms with Gasteiger partial charge in [0.25, 0.3) is 5.91 Å². The topological polar surface area (TPSA) is 167 Å². The maximum Gasteiger partial charge on any atom is 0.404 e. The van der Waals surface area contributed by atoms with E-state index in [9.17, 15) is 9.59 Å². The summed E-state index contributed by atoms with van der Waals surface area (Å²) in [7, 11) is 0. The molecule has 2 aromatic heterocycles. The zero-order chi connectivity index (χ0) is 24.5. The van der Waals surface area contributed by atoms with Crippen molar-refractivity contribution in [3.05, 3.63) is 35.3 Å². The van der Waals surface area contributed by atoms with Crippen LogP contribution in [0.5, 0.6) is 0 Å². The predicted molar refractivity (Wildman–Crippen MR) is 129 cm³/mol. The first kappa shape index (κ1) is 23.6. The van der Waals surface area contributed by atoms with E-state index in [1.54, 1.807) is 11.3 Å². The van der Waals surface area contributed by atoms with E-state index in [0.29, 0.717) is 13.0 Å². The third kappa shape index (κ3) is 5.02. The molecule has 1 aromatic carbocycles. The lowest BCUT2D eigenvalue weighted by molar-refractivity contribution is -0.127. The summed E-state index contributed by atoms with van der Waals surface area (Å²) >= 11 is 1.60. The Balaban J connectivity index is 1.65. The quantitative estimate of drug-likeness (QED) is 0.410. The van der Waals surface area contributed by atoms with E-state index in [-0.39, 0.29) is 28.9 Å². The van der Waals surface area contributed by atoms with E-state index < -0.39 is 24.2 Å². The highest BCUT2D eigenvalue weighted by atomic mass is 32.1. The van der Waals surface area contributed by atoms with Gasteiger partial charge in [0.05, 0.1) is 6.04 Å². The van der Waals surface area contributed by atoms with E-state index in [4.69, 9.17) is 20.9 Å². The first-order valence-corrected chi connectivity index (χ1v) is 11.6. The molecule has 11 nitrogen and oxygen atoms in total. The van der Waals surface area contributed by atoms with Gasteiger partial charge in [0.15, 0.2) is 17.6 Å². The summed E-state index contributed by atoms with van der Waals surface area (Å²) in [6.07, 6.45) is -1.46. The van der Waals surface area contributed by atoms with Gasteiger partial charge in [0.2, 0.25) is 5.95 Å². The number of nitrogens with one attached hydrogen (secondary N) is 2. The molecule has 4 rings (SSSR count). The monoisotopic (exact) mass is 485 g/mol. The van der Waals surface area contributed by atoms with Crippen LogP contribution in [0.2, 0.25) is 0 Å². The van der Waals surface area contributed by atoms with E-state index >= 15 is 0 Å². The molecule has 0 radical (unpaired) electrons. The van der Waals surface area contributed by atoms with Gasteiger partial charge in [0, 0.05) is 22.4 Å². The Morgan fingerprint density at radius 2 is 2.00 bits per heavy atom. The fourth-order valence-electron chi connectivity index (χ4n) is 4.00. The Kier molecular flexibility index (Phi) is 6.53. The Morgan fingerprint density at radius 1 is 1.21 bits per heavy atom. The Hall–Kier alpha value is -3.51. The van der Waals surface area contributed by atoms with Crippen LogP contribution < -0.4 is 22.1 Å². The molecule has 3 aromatic rings. The number of thiophene rings is 1. The van der Waals surface area contributed by atoms with Crippen molar-refractivity contribution < 1.29 is 19.1 Å². The second-order valence-corrected chi connectivity index (χ2v) is 10.0. The molecule has 3 atom stereocenters. The van der Waals surface area contributed by atoms with E-state index in [2.05, 4.69) is 25.8 Å². The highest BCUT2D eigenvalue weighted by molar-refractivity contribution is 7.17. The number of rotatable bonds is 6. The van der Waals surface area contributed by atoms with Crippen LogP contribution in [0.1, 0.15) is 37.7 Å². The summed E-state index contributed by atoms with van der Waals surface area (Å²) in [6, 6.07) is 7.36. The molecular weight excluding hydrogens is 458 g/mol. The number of primary amides is 2. The molecule has 3 heterocycles. The average molecular weight is 486 g/mol. The number of amides is 2. The molecule has 1 aliphatic rings. The maximum atomic E-state index is 12.0. The van der Waals surface area contributed by atoms with Crippen molar-refractivity contribution in [1.29, 1.82) is 0 Å². The van der Waals surface area contributed by atoms with Gasteiger partial charge in [-0.15, -0.1) is 21.5 Å². The number of hydrogen-bond acceptors (Lipinski definition) is 10. The Labute approximate surface area is 200 Å². The highest BCUT2D eigenvalue weighted by Crippen LogP contribution is 2.34. The summed E-state index contributed by atoms with van der Waals surface area (Å²) in [5.41, 5.74) is 11.2. The molecule has 0 saturated carbocycles. The molecule has 1 unspecified atom stereocenters. The lowest BCUT2D eigenvalue weighted by Gasteiger charge is -2.43. The molecule has 34 heavy (non-hydrogen) atoms. The molecule has 1 saturated heterocycles. The number of carbonyl (C=O) groups is 2. The van der Waals surface area contributed by atoms with Gasteiger partial charge >= 0.3 is 6.09 Å². The molecule has 6 N–H and O–H groups in total. The molecule has 1 fully saturated rings. The third-order valence-electron chi connectivity index (χ3n) is 5.51. The van der Waals surface area contributed by atoms with E-state index in [1.165, 1.54) is 0 Å². The first-order chi connectivity index (χ1) is 16.1. The number of fused-ring (bicyclic) bond motifs is 1. The first-order valence-electron chi connectivity index (χ1n) is 10.8. The van der Waals surface area contributed by atoms with Crippen LogP contribution in [0.15, 0.2) is 29.6 Å².